The number of nitrogens with one attached hydrogen (secondary N) is 3. The van der Waals surface area contributed by atoms with Gasteiger partial charge in [-0.15, -0.1) is 0 Å². The van der Waals surface area contributed by atoms with Crippen LogP contribution in [0.4, 0.5) is 0 Å². The van der Waals surface area contributed by atoms with Crippen molar-refractivity contribution in [2.45, 2.75) is 51.7 Å². The molecule has 9 nitrogen and oxygen atoms in total. The number of carbonyl (C=O) groups excluding carboxylic acids is 5. The van der Waals surface area contributed by atoms with Gasteiger partial charge in [0.1, 0.15) is 18.1 Å². The van der Waals surface area contributed by atoms with E-state index in [0.29, 0.717) is 12.8 Å². The highest BCUT2D eigenvalue weighted by atomic mass is 32.2. The molecule has 31 heavy (non-hydrogen) atoms. The molecule has 0 saturated carbocycles. The number of carbonyl (C=O) groups is 5. The number of rotatable bonds is 13. The van der Waals surface area contributed by atoms with Gasteiger partial charge in [-0.2, -0.15) is 0 Å². The van der Waals surface area contributed by atoms with Crippen LogP contribution in [0.5, 0.6) is 0 Å². The molecule has 0 radical (unpaired) electrons. The molecular formula is C21H30N4O5S. The first-order chi connectivity index (χ1) is 14.6. The fourth-order valence-corrected chi connectivity index (χ4v) is 3.75. The normalized spacial score (nSPS) is 13.5. The van der Waals surface area contributed by atoms with Gasteiger partial charge in [0.25, 0.3) is 0 Å². The summed E-state index contributed by atoms with van der Waals surface area (Å²) in [5.74, 6) is -1.58. The van der Waals surface area contributed by atoms with E-state index in [2.05, 4.69) is 16.0 Å². The molecule has 0 unspecified atom stereocenters. The van der Waals surface area contributed by atoms with Crippen molar-refractivity contribution in [1.82, 2.24) is 16.0 Å². The number of amides is 4. The minimum absolute atomic E-state index is 0.0586. The fourth-order valence-electron chi connectivity index (χ4n) is 2.83. The minimum Gasteiger partial charge on any atom is -0.368 e. The fraction of sp³-hybridized carbons (Fsp3) is 0.476. The molecule has 0 heterocycles. The molecule has 0 fully saturated rings. The molecule has 4 amide bonds. The number of thioether (sulfide) groups is 1. The first-order valence-electron chi connectivity index (χ1n) is 9.91. The van der Waals surface area contributed by atoms with E-state index >= 15 is 0 Å². The summed E-state index contributed by atoms with van der Waals surface area (Å²) in [6.45, 7) is 5.08. The highest BCUT2D eigenvalue weighted by Crippen LogP contribution is 2.14. The maximum atomic E-state index is 12.9. The number of hydrogen-bond acceptors (Lipinski definition) is 6. The summed E-state index contributed by atoms with van der Waals surface area (Å²) >= 11 is 0.804. The molecule has 0 aliphatic carbocycles. The van der Waals surface area contributed by atoms with Crippen LogP contribution in [0.3, 0.4) is 0 Å². The van der Waals surface area contributed by atoms with E-state index in [-0.39, 0.29) is 23.2 Å². The lowest BCUT2D eigenvalue weighted by Crippen LogP contribution is -2.51. The number of benzene rings is 1. The van der Waals surface area contributed by atoms with Crippen LogP contribution < -0.4 is 21.7 Å². The maximum Gasteiger partial charge on any atom is 0.243 e. The topological polar surface area (TPSA) is 147 Å². The van der Waals surface area contributed by atoms with E-state index in [4.69, 9.17) is 5.73 Å². The van der Waals surface area contributed by atoms with Crippen molar-refractivity contribution in [2.75, 3.05) is 5.75 Å². The summed E-state index contributed by atoms with van der Waals surface area (Å²) in [6.07, 6.45) is 1.10. The van der Waals surface area contributed by atoms with Crippen molar-refractivity contribution >= 4 is 41.0 Å². The Bertz CT molecular complexity index is 772. The third-order valence-corrected chi connectivity index (χ3v) is 5.36. The summed E-state index contributed by atoms with van der Waals surface area (Å²) in [7, 11) is 0. The quantitative estimate of drug-likeness (QED) is 0.314. The predicted molar refractivity (Wildman–Crippen MR) is 119 cm³/mol. The van der Waals surface area contributed by atoms with E-state index in [0.717, 1.165) is 17.3 Å². The largest absolute Gasteiger partial charge is 0.368 e. The Kier molecular flexibility index (Phi) is 11.3. The second-order valence-electron chi connectivity index (χ2n) is 7.50. The van der Waals surface area contributed by atoms with Gasteiger partial charge in [0.05, 0.1) is 0 Å². The van der Waals surface area contributed by atoms with E-state index in [1.807, 2.05) is 44.2 Å². The number of primary amides is 1. The van der Waals surface area contributed by atoms with Gasteiger partial charge in [0.15, 0.2) is 0 Å². The highest BCUT2D eigenvalue weighted by molar-refractivity contribution is 8.13. The lowest BCUT2D eigenvalue weighted by molar-refractivity contribution is -0.128. The maximum absolute atomic E-state index is 12.9. The van der Waals surface area contributed by atoms with Crippen LogP contribution in [0, 0.1) is 5.92 Å². The molecule has 0 spiro atoms. The number of hydrogen-bond donors (Lipinski definition) is 4. The van der Waals surface area contributed by atoms with Crippen molar-refractivity contribution in [3.63, 3.8) is 0 Å². The van der Waals surface area contributed by atoms with Crippen LogP contribution in [0.1, 0.15) is 32.8 Å². The minimum atomic E-state index is -1.01. The van der Waals surface area contributed by atoms with Crippen molar-refractivity contribution in [2.24, 2.45) is 11.7 Å². The Morgan fingerprint density at radius 1 is 1.03 bits per heavy atom. The second-order valence-corrected chi connectivity index (χ2v) is 8.53. The molecule has 0 aromatic heterocycles. The van der Waals surface area contributed by atoms with E-state index < -0.39 is 35.8 Å². The molecule has 0 bridgehead atoms. The smallest absolute Gasteiger partial charge is 0.243 e. The molecule has 170 valence electrons. The lowest BCUT2D eigenvalue weighted by atomic mass is 10.0. The Balaban J connectivity index is 2.95. The average Bonchev–Trinajstić information content (AvgIpc) is 2.70. The van der Waals surface area contributed by atoms with Gasteiger partial charge in [-0.1, -0.05) is 55.9 Å². The molecule has 1 rings (SSSR count). The monoisotopic (exact) mass is 450 g/mol. The average molecular weight is 451 g/mol. The van der Waals surface area contributed by atoms with E-state index in [1.54, 1.807) is 0 Å². The van der Waals surface area contributed by atoms with Gasteiger partial charge in [-0.25, -0.2) is 0 Å². The molecular weight excluding hydrogens is 420 g/mol. The molecule has 10 heteroatoms. The predicted octanol–water partition coefficient (Wildman–Crippen LogP) is 0.124. The van der Waals surface area contributed by atoms with Gasteiger partial charge >= 0.3 is 0 Å². The van der Waals surface area contributed by atoms with Crippen LogP contribution in [0.25, 0.3) is 0 Å². The van der Waals surface area contributed by atoms with Gasteiger partial charge in [-0.3, -0.25) is 24.0 Å². The third kappa shape index (κ3) is 10.1. The van der Waals surface area contributed by atoms with Crippen molar-refractivity contribution in [3.8, 4) is 0 Å². The molecule has 0 aliphatic rings. The SMILES string of the molecule is CC(=O)N[C@@H](CSC(=O)[C@H](Cc1ccccc1)NC(=O)[C@H](CC(C)C)NC=O)C(N)=O. The molecule has 5 N–H and O–H groups in total. The van der Waals surface area contributed by atoms with Crippen LogP contribution in [0.2, 0.25) is 0 Å². The first kappa shape index (κ1) is 26.2. The lowest BCUT2D eigenvalue weighted by Gasteiger charge is -2.23. The Labute approximate surface area is 186 Å². The molecule has 1 aromatic rings. The van der Waals surface area contributed by atoms with Crippen molar-refractivity contribution in [1.29, 1.82) is 0 Å². The number of nitrogens with two attached hydrogens (primary N) is 1. The van der Waals surface area contributed by atoms with Gasteiger partial charge < -0.3 is 21.7 Å². The summed E-state index contributed by atoms with van der Waals surface area (Å²) in [6, 6.07) is 6.46. The van der Waals surface area contributed by atoms with Crippen LogP contribution in [-0.2, 0) is 30.4 Å². The molecule has 0 saturated heterocycles. The summed E-state index contributed by atoms with van der Waals surface area (Å²) in [4.78, 5) is 59.3. The van der Waals surface area contributed by atoms with Gasteiger partial charge in [0.2, 0.25) is 29.2 Å². The van der Waals surface area contributed by atoms with Crippen molar-refractivity contribution in [3.05, 3.63) is 35.9 Å². The van der Waals surface area contributed by atoms with E-state index in [9.17, 15) is 24.0 Å². The van der Waals surface area contributed by atoms with Gasteiger partial charge in [0, 0.05) is 19.1 Å². The van der Waals surface area contributed by atoms with Crippen LogP contribution in [0.15, 0.2) is 30.3 Å². The zero-order valence-electron chi connectivity index (χ0n) is 17.9. The Morgan fingerprint density at radius 3 is 2.19 bits per heavy atom. The highest BCUT2D eigenvalue weighted by Gasteiger charge is 2.28. The second kappa shape index (κ2) is 13.4. The standard InChI is InChI=1S/C21H30N4O5S/c1-13(2)9-16(23-12-26)20(29)25-17(10-15-7-5-4-6-8-15)21(30)31-11-18(19(22)28)24-14(3)27/h4-8,12-13,16-18H,9-11H2,1-3H3,(H2,22,28)(H,23,26)(H,24,27)(H,25,29)/t16-,17-,18-/m0/s1. The molecule has 1 aromatic carbocycles. The first-order valence-corrected chi connectivity index (χ1v) is 10.9. The zero-order chi connectivity index (χ0) is 23.4. The van der Waals surface area contributed by atoms with Crippen LogP contribution >= 0.6 is 11.8 Å². The summed E-state index contributed by atoms with van der Waals surface area (Å²) in [5.41, 5.74) is 6.11. The zero-order valence-corrected chi connectivity index (χ0v) is 18.7. The van der Waals surface area contributed by atoms with Crippen molar-refractivity contribution < 1.29 is 24.0 Å². The summed E-state index contributed by atoms with van der Waals surface area (Å²) < 4.78 is 0. The Hall–Kier alpha value is -2.88. The molecule has 3 atom stereocenters. The third-order valence-electron chi connectivity index (χ3n) is 4.29. The Morgan fingerprint density at radius 2 is 1.68 bits per heavy atom. The van der Waals surface area contributed by atoms with Gasteiger partial charge in [-0.05, 0) is 17.9 Å². The molecule has 0 aliphatic heterocycles. The van der Waals surface area contributed by atoms with Crippen LogP contribution in [-0.4, -0.2) is 53.1 Å². The van der Waals surface area contributed by atoms with E-state index in [1.165, 1.54) is 6.92 Å². The summed E-state index contributed by atoms with van der Waals surface area (Å²) in [5, 5.41) is 7.22.